The Hall–Kier alpha value is -1.86. The zero-order valence-electron chi connectivity index (χ0n) is 15.9. The van der Waals surface area contributed by atoms with Crippen LogP contribution in [0.2, 0.25) is 0 Å². The fourth-order valence-corrected chi connectivity index (χ4v) is 5.53. The summed E-state index contributed by atoms with van der Waals surface area (Å²) >= 11 is 1.96. The van der Waals surface area contributed by atoms with Crippen molar-refractivity contribution in [1.29, 1.82) is 0 Å². The quantitative estimate of drug-likeness (QED) is 0.874. The normalized spacial score (nSPS) is 24.4. The minimum atomic E-state index is -0.582. The Bertz CT molecular complexity index is 910. The number of hydrogen-bond acceptors (Lipinski definition) is 5. The number of hydrogen-bond donors (Lipinski definition) is 1. The third-order valence-corrected chi connectivity index (χ3v) is 6.83. The molecule has 1 aromatic heterocycles. The molecule has 2 fully saturated rings. The summed E-state index contributed by atoms with van der Waals surface area (Å²) in [6.07, 6.45) is 2.11. The maximum atomic E-state index is 13.0. The summed E-state index contributed by atoms with van der Waals surface area (Å²) in [7, 11) is 0. The van der Waals surface area contributed by atoms with Crippen molar-refractivity contribution in [1.82, 2.24) is 19.8 Å². The molecule has 0 saturated carbocycles. The SMILES string of the molecule is Cc1nc2ccccc2c(=O)n1C(C)C(=O)NC1CCCN2CCSCC12. The van der Waals surface area contributed by atoms with E-state index in [4.69, 9.17) is 0 Å². The van der Waals surface area contributed by atoms with E-state index in [1.54, 1.807) is 19.9 Å². The number of carbonyl (C=O) groups excluding carboxylic acids is 1. The van der Waals surface area contributed by atoms with Gasteiger partial charge in [-0.15, -0.1) is 0 Å². The molecule has 3 unspecified atom stereocenters. The summed E-state index contributed by atoms with van der Waals surface area (Å²) < 4.78 is 1.52. The second-order valence-electron chi connectivity index (χ2n) is 7.46. The Labute approximate surface area is 163 Å². The van der Waals surface area contributed by atoms with Gasteiger partial charge in [-0.1, -0.05) is 12.1 Å². The van der Waals surface area contributed by atoms with Crippen LogP contribution in [0, 0.1) is 6.92 Å². The van der Waals surface area contributed by atoms with E-state index in [9.17, 15) is 9.59 Å². The Balaban J connectivity index is 1.57. The molecule has 0 spiro atoms. The van der Waals surface area contributed by atoms with Crippen LogP contribution in [0.5, 0.6) is 0 Å². The largest absolute Gasteiger partial charge is 0.350 e. The van der Waals surface area contributed by atoms with Crippen molar-refractivity contribution in [2.24, 2.45) is 0 Å². The third kappa shape index (κ3) is 3.50. The molecule has 2 aliphatic rings. The molecule has 0 aliphatic carbocycles. The number of rotatable bonds is 3. The Morgan fingerprint density at radius 3 is 3.00 bits per heavy atom. The van der Waals surface area contributed by atoms with Crippen LogP contribution in [-0.4, -0.2) is 57.0 Å². The number of aromatic nitrogens is 2. The van der Waals surface area contributed by atoms with Crippen molar-refractivity contribution in [3.8, 4) is 0 Å². The van der Waals surface area contributed by atoms with E-state index < -0.39 is 6.04 Å². The first-order valence-corrected chi connectivity index (χ1v) is 10.8. The Morgan fingerprint density at radius 2 is 2.15 bits per heavy atom. The molecule has 1 amide bonds. The molecule has 144 valence electrons. The van der Waals surface area contributed by atoms with Crippen molar-refractivity contribution >= 4 is 28.6 Å². The monoisotopic (exact) mass is 386 g/mol. The number of nitrogens with zero attached hydrogens (tertiary/aromatic N) is 3. The first-order valence-electron chi connectivity index (χ1n) is 9.66. The van der Waals surface area contributed by atoms with Gasteiger partial charge in [0.25, 0.3) is 5.56 Å². The zero-order chi connectivity index (χ0) is 19.0. The number of carbonyl (C=O) groups is 1. The molecule has 2 aromatic rings. The minimum Gasteiger partial charge on any atom is -0.350 e. The molecule has 0 bridgehead atoms. The lowest BCUT2D eigenvalue weighted by Crippen LogP contribution is -2.59. The molecular formula is C20H26N4O2S. The van der Waals surface area contributed by atoms with Crippen molar-refractivity contribution in [2.45, 2.75) is 44.8 Å². The number of thioether (sulfide) groups is 1. The number of fused-ring (bicyclic) bond motifs is 2. The fourth-order valence-electron chi connectivity index (χ4n) is 4.31. The second kappa shape index (κ2) is 7.64. The average molecular weight is 387 g/mol. The molecule has 1 aromatic carbocycles. The highest BCUT2D eigenvalue weighted by molar-refractivity contribution is 7.99. The first-order chi connectivity index (χ1) is 13.1. The summed E-state index contributed by atoms with van der Waals surface area (Å²) in [6.45, 7) is 5.80. The summed E-state index contributed by atoms with van der Waals surface area (Å²) in [4.78, 5) is 33.0. The molecule has 27 heavy (non-hydrogen) atoms. The van der Waals surface area contributed by atoms with Crippen LogP contribution in [0.25, 0.3) is 10.9 Å². The molecule has 2 saturated heterocycles. The van der Waals surface area contributed by atoms with E-state index >= 15 is 0 Å². The topological polar surface area (TPSA) is 67.2 Å². The predicted octanol–water partition coefficient (Wildman–Crippen LogP) is 1.96. The van der Waals surface area contributed by atoms with Gasteiger partial charge in [0.15, 0.2) is 0 Å². The van der Waals surface area contributed by atoms with Gasteiger partial charge < -0.3 is 5.32 Å². The van der Waals surface area contributed by atoms with Gasteiger partial charge in [-0.05, 0) is 45.4 Å². The van der Waals surface area contributed by atoms with Crippen LogP contribution in [-0.2, 0) is 4.79 Å². The number of piperidine rings is 1. The number of amides is 1. The number of nitrogens with one attached hydrogen (secondary N) is 1. The smallest absolute Gasteiger partial charge is 0.262 e. The van der Waals surface area contributed by atoms with E-state index in [0.717, 1.165) is 31.7 Å². The molecule has 4 rings (SSSR count). The first kappa shape index (κ1) is 18.5. The summed E-state index contributed by atoms with van der Waals surface area (Å²) in [6, 6.07) is 7.27. The lowest BCUT2D eigenvalue weighted by molar-refractivity contribution is -0.125. The van der Waals surface area contributed by atoms with Crippen LogP contribution in [0.1, 0.15) is 31.6 Å². The zero-order valence-corrected chi connectivity index (χ0v) is 16.7. The molecule has 3 heterocycles. The average Bonchev–Trinajstić information content (AvgIpc) is 2.68. The maximum absolute atomic E-state index is 13.0. The molecule has 3 atom stereocenters. The third-order valence-electron chi connectivity index (χ3n) is 5.78. The minimum absolute atomic E-state index is 0.0975. The summed E-state index contributed by atoms with van der Waals surface area (Å²) in [5, 5.41) is 3.79. The Morgan fingerprint density at radius 1 is 1.33 bits per heavy atom. The van der Waals surface area contributed by atoms with Gasteiger partial charge in [0.2, 0.25) is 5.91 Å². The van der Waals surface area contributed by atoms with Crippen molar-refractivity contribution in [3.05, 3.63) is 40.4 Å². The van der Waals surface area contributed by atoms with E-state index in [0.29, 0.717) is 22.8 Å². The second-order valence-corrected chi connectivity index (χ2v) is 8.61. The maximum Gasteiger partial charge on any atom is 0.262 e. The lowest BCUT2D eigenvalue weighted by atomic mass is 9.96. The van der Waals surface area contributed by atoms with Crippen molar-refractivity contribution < 1.29 is 4.79 Å². The Kier molecular flexibility index (Phi) is 5.23. The van der Waals surface area contributed by atoms with Crippen LogP contribution >= 0.6 is 11.8 Å². The van der Waals surface area contributed by atoms with Gasteiger partial charge in [-0.25, -0.2) is 4.98 Å². The van der Waals surface area contributed by atoms with E-state index in [1.807, 2.05) is 30.0 Å². The van der Waals surface area contributed by atoms with Gasteiger partial charge in [0.1, 0.15) is 11.9 Å². The van der Waals surface area contributed by atoms with Crippen molar-refractivity contribution in [2.75, 3.05) is 24.6 Å². The highest BCUT2D eigenvalue weighted by Crippen LogP contribution is 2.26. The highest BCUT2D eigenvalue weighted by atomic mass is 32.2. The molecule has 0 radical (unpaired) electrons. The summed E-state index contributed by atoms with van der Waals surface area (Å²) in [5.74, 6) is 2.71. The van der Waals surface area contributed by atoms with Gasteiger partial charge in [0, 0.05) is 30.1 Å². The molecule has 1 N–H and O–H groups in total. The summed E-state index contributed by atoms with van der Waals surface area (Å²) in [5.41, 5.74) is 0.519. The van der Waals surface area contributed by atoms with Gasteiger partial charge >= 0.3 is 0 Å². The van der Waals surface area contributed by atoms with Crippen molar-refractivity contribution in [3.63, 3.8) is 0 Å². The van der Waals surface area contributed by atoms with Crippen LogP contribution in [0.15, 0.2) is 29.1 Å². The van der Waals surface area contributed by atoms with Gasteiger partial charge in [-0.3, -0.25) is 19.1 Å². The van der Waals surface area contributed by atoms with Gasteiger partial charge in [-0.2, -0.15) is 11.8 Å². The molecule has 2 aliphatic heterocycles. The highest BCUT2D eigenvalue weighted by Gasteiger charge is 2.35. The predicted molar refractivity (Wildman–Crippen MR) is 109 cm³/mol. The lowest BCUT2D eigenvalue weighted by Gasteiger charge is -2.44. The number of benzene rings is 1. The molecule has 7 heteroatoms. The van der Waals surface area contributed by atoms with Crippen LogP contribution in [0.4, 0.5) is 0 Å². The molecular weight excluding hydrogens is 360 g/mol. The number of aryl methyl sites for hydroxylation is 1. The van der Waals surface area contributed by atoms with Crippen LogP contribution in [0.3, 0.4) is 0 Å². The van der Waals surface area contributed by atoms with Gasteiger partial charge in [0.05, 0.1) is 10.9 Å². The fraction of sp³-hybridized carbons (Fsp3) is 0.550. The van der Waals surface area contributed by atoms with E-state index in [-0.39, 0.29) is 17.5 Å². The standard InChI is InChI=1S/C20H26N4O2S/c1-13(24-14(2)21-16-7-4-3-6-15(16)20(24)26)19(25)22-17-8-5-9-23-10-11-27-12-18(17)23/h3-4,6-7,13,17-18H,5,8-12H2,1-2H3,(H,22,25). The molecule has 6 nitrogen and oxygen atoms in total. The van der Waals surface area contributed by atoms with E-state index in [1.165, 1.54) is 10.3 Å². The van der Waals surface area contributed by atoms with E-state index in [2.05, 4.69) is 15.2 Å². The van der Waals surface area contributed by atoms with Crippen LogP contribution < -0.4 is 10.9 Å². The number of para-hydroxylation sites is 1.